The van der Waals surface area contributed by atoms with Gasteiger partial charge in [-0.15, -0.1) is 11.3 Å². The Morgan fingerprint density at radius 1 is 1.02 bits per heavy atom. The SMILES string of the molecule is C=NCC1(c2ccccc2OC(C)CCC2(C(=O)O)CCC2)CCN(C(=O)C2(Oc3csc(C(F)(F)F)c3)CCCN(C(=O)c3cnccc3C(F)(F)F)C2CCC)CC1. The van der Waals surface area contributed by atoms with Crippen molar-refractivity contribution < 1.29 is 55.3 Å². The van der Waals surface area contributed by atoms with E-state index in [4.69, 9.17) is 9.47 Å². The first-order valence-corrected chi connectivity index (χ1v) is 21.2. The van der Waals surface area contributed by atoms with Gasteiger partial charge < -0.3 is 29.4 Å². The van der Waals surface area contributed by atoms with Crippen LogP contribution < -0.4 is 9.47 Å². The quantitative estimate of drug-likeness (QED) is 0.119. The van der Waals surface area contributed by atoms with Crippen LogP contribution in [0.4, 0.5) is 26.3 Å². The minimum absolute atomic E-state index is 0.00969. The summed E-state index contributed by atoms with van der Waals surface area (Å²) in [6, 6.07) is 7.85. The predicted octanol–water partition coefficient (Wildman–Crippen LogP) is 9.47. The lowest BCUT2D eigenvalue weighted by Crippen LogP contribution is -2.68. The van der Waals surface area contributed by atoms with Crippen molar-refractivity contribution in [3.63, 3.8) is 0 Å². The number of thiophene rings is 1. The van der Waals surface area contributed by atoms with Crippen LogP contribution in [0.2, 0.25) is 0 Å². The van der Waals surface area contributed by atoms with Crippen molar-refractivity contribution in [2.75, 3.05) is 26.2 Å². The molecule has 0 spiro atoms. The zero-order chi connectivity index (χ0) is 43.5. The zero-order valence-corrected chi connectivity index (χ0v) is 34.4. The molecule has 2 amide bonds. The molecule has 0 radical (unpaired) electrons. The van der Waals surface area contributed by atoms with Crippen molar-refractivity contribution in [2.24, 2.45) is 10.4 Å². The number of para-hydroxylation sites is 1. The lowest BCUT2D eigenvalue weighted by molar-refractivity contribution is -0.161. The minimum atomic E-state index is -4.89. The van der Waals surface area contributed by atoms with Crippen molar-refractivity contribution in [2.45, 2.75) is 120 Å². The van der Waals surface area contributed by atoms with Crippen LogP contribution in [0.5, 0.6) is 11.5 Å². The number of carboxylic acid groups (broad SMARTS) is 1. The normalized spacial score (nSPS) is 22.0. The number of pyridine rings is 1. The van der Waals surface area contributed by atoms with Gasteiger partial charge in [0.05, 0.1) is 28.7 Å². The maximum Gasteiger partial charge on any atom is 0.425 e. The third-order valence-electron chi connectivity index (χ3n) is 12.6. The number of nitrogens with zero attached hydrogens (tertiary/aromatic N) is 4. The number of carbonyl (C=O) groups is 3. The van der Waals surface area contributed by atoms with Gasteiger partial charge in [-0.3, -0.25) is 19.4 Å². The first-order valence-electron chi connectivity index (χ1n) is 20.3. The minimum Gasteiger partial charge on any atom is -0.490 e. The molecule has 10 nitrogen and oxygen atoms in total. The van der Waals surface area contributed by atoms with Gasteiger partial charge in [-0.1, -0.05) is 38.0 Å². The Bertz CT molecular complexity index is 2030. The van der Waals surface area contributed by atoms with Gasteiger partial charge in [0.2, 0.25) is 5.60 Å². The Morgan fingerprint density at radius 2 is 1.73 bits per heavy atom. The van der Waals surface area contributed by atoms with Gasteiger partial charge in [0.1, 0.15) is 16.4 Å². The van der Waals surface area contributed by atoms with Crippen molar-refractivity contribution in [1.82, 2.24) is 14.8 Å². The number of piperidine rings is 2. The first-order chi connectivity index (χ1) is 28.4. The van der Waals surface area contributed by atoms with Crippen molar-refractivity contribution in [1.29, 1.82) is 0 Å². The van der Waals surface area contributed by atoms with Crippen molar-refractivity contribution in [3.05, 3.63) is 75.7 Å². The molecule has 1 saturated carbocycles. The number of ether oxygens (including phenoxy) is 2. The van der Waals surface area contributed by atoms with Crippen LogP contribution in [0.15, 0.2) is 59.2 Å². The predicted molar refractivity (Wildman–Crippen MR) is 212 cm³/mol. The maximum atomic E-state index is 15.2. The van der Waals surface area contributed by atoms with E-state index in [9.17, 15) is 41.0 Å². The van der Waals surface area contributed by atoms with Gasteiger partial charge in [-0.2, -0.15) is 26.3 Å². The van der Waals surface area contributed by atoms with Crippen LogP contribution in [0, 0.1) is 5.41 Å². The number of benzene rings is 1. The fourth-order valence-electron chi connectivity index (χ4n) is 9.17. The topological polar surface area (TPSA) is 122 Å². The highest BCUT2D eigenvalue weighted by Gasteiger charge is 2.57. The molecule has 2 saturated heterocycles. The fourth-order valence-corrected chi connectivity index (χ4v) is 9.85. The Morgan fingerprint density at radius 3 is 2.33 bits per heavy atom. The summed E-state index contributed by atoms with van der Waals surface area (Å²) in [6.07, 6.45) is -3.64. The molecule has 3 atom stereocenters. The van der Waals surface area contributed by atoms with E-state index in [2.05, 4.69) is 16.7 Å². The van der Waals surface area contributed by atoms with Gasteiger partial charge in [0.25, 0.3) is 11.8 Å². The molecule has 4 heterocycles. The van der Waals surface area contributed by atoms with E-state index >= 15 is 4.79 Å². The van der Waals surface area contributed by atoms with E-state index in [1.807, 2.05) is 31.2 Å². The summed E-state index contributed by atoms with van der Waals surface area (Å²) in [4.78, 5) is 51.3. The molecule has 1 aliphatic carbocycles. The standard InChI is InChI=1S/C43H50F6N4O6S/c1-4-9-34-41(59-29-24-35(60-26-29)43(47,48)49,16-8-21-53(34)36(54)30-25-51-20-13-31(30)42(44,45)46)37(55)52-22-18-40(19-23-52,27-50-3)32-10-5-6-11-33(32)58-28(2)12-17-39(38(56)57)14-7-15-39/h5-6,10-11,13,20,24-26,28,34H,3-4,7-9,12,14-19,21-23,27H2,1-2H3,(H,56,57). The molecule has 60 heavy (non-hydrogen) atoms. The molecule has 3 unspecified atom stereocenters. The molecule has 3 fully saturated rings. The van der Waals surface area contributed by atoms with Crippen LogP contribution in [0.1, 0.15) is 111 Å². The molecule has 0 bridgehead atoms. The number of amides is 2. The number of carboxylic acids is 1. The molecule has 3 aromatic rings. The molecular formula is C43H50F6N4O6S. The summed E-state index contributed by atoms with van der Waals surface area (Å²) in [5.74, 6) is -2.02. The second-order valence-corrected chi connectivity index (χ2v) is 17.2. The smallest absolute Gasteiger partial charge is 0.425 e. The third kappa shape index (κ3) is 9.01. The van der Waals surface area contributed by atoms with E-state index in [1.165, 1.54) is 4.90 Å². The highest BCUT2D eigenvalue weighted by atomic mass is 32.1. The monoisotopic (exact) mass is 864 g/mol. The number of aromatic nitrogens is 1. The Hall–Kier alpha value is -4.67. The van der Waals surface area contributed by atoms with Crippen LogP contribution >= 0.6 is 11.3 Å². The second-order valence-electron chi connectivity index (χ2n) is 16.3. The van der Waals surface area contributed by atoms with Crippen LogP contribution in [-0.2, 0) is 27.4 Å². The van der Waals surface area contributed by atoms with Crippen molar-refractivity contribution >= 4 is 35.8 Å². The molecule has 1 aromatic carbocycles. The van der Waals surface area contributed by atoms with Crippen LogP contribution in [0.3, 0.4) is 0 Å². The van der Waals surface area contributed by atoms with E-state index < -0.39 is 68.6 Å². The summed E-state index contributed by atoms with van der Waals surface area (Å²) in [5, 5.41) is 11.0. The largest absolute Gasteiger partial charge is 0.490 e. The number of halogens is 6. The zero-order valence-electron chi connectivity index (χ0n) is 33.6. The molecule has 326 valence electrons. The summed E-state index contributed by atoms with van der Waals surface area (Å²) < 4.78 is 96.8. The molecule has 17 heteroatoms. The fraction of sp³-hybridized carbons (Fsp3) is 0.558. The average Bonchev–Trinajstić information content (AvgIpc) is 3.67. The van der Waals surface area contributed by atoms with Gasteiger partial charge in [-0.25, -0.2) is 0 Å². The third-order valence-corrected chi connectivity index (χ3v) is 13.5. The van der Waals surface area contributed by atoms with Gasteiger partial charge >= 0.3 is 18.3 Å². The van der Waals surface area contributed by atoms with Gasteiger partial charge in [0.15, 0.2) is 0 Å². The van der Waals surface area contributed by atoms with E-state index in [0.717, 1.165) is 35.8 Å². The maximum absolute atomic E-state index is 15.2. The summed E-state index contributed by atoms with van der Waals surface area (Å²) in [5.41, 5.74) is -4.39. The van der Waals surface area contributed by atoms with E-state index in [0.29, 0.717) is 68.1 Å². The highest BCUT2D eigenvalue weighted by Crippen LogP contribution is 2.47. The number of rotatable bonds is 15. The molecule has 3 aliphatic rings. The molecule has 1 N–H and O–H groups in total. The lowest BCUT2D eigenvalue weighted by Gasteiger charge is -2.51. The van der Waals surface area contributed by atoms with Crippen molar-refractivity contribution in [3.8, 4) is 11.5 Å². The van der Waals surface area contributed by atoms with Crippen LogP contribution in [0.25, 0.3) is 0 Å². The summed E-state index contributed by atoms with van der Waals surface area (Å²) in [7, 11) is 0. The van der Waals surface area contributed by atoms with E-state index in [1.54, 1.807) is 11.8 Å². The number of aliphatic imine (C=N–C) groups is 1. The number of alkyl halides is 6. The average molecular weight is 865 g/mol. The first kappa shape index (κ1) is 44.9. The van der Waals surface area contributed by atoms with Gasteiger partial charge in [-0.05, 0) is 77.1 Å². The lowest BCUT2D eigenvalue weighted by atomic mass is 9.66. The summed E-state index contributed by atoms with van der Waals surface area (Å²) >= 11 is 0.389. The number of hydrogen-bond acceptors (Lipinski definition) is 8. The van der Waals surface area contributed by atoms with Crippen LogP contribution in [-0.4, -0.2) is 88.3 Å². The summed E-state index contributed by atoms with van der Waals surface area (Å²) in [6.45, 7) is 8.00. The molecule has 6 rings (SSSR count). The number of carbonyl (C=O) groups excluding carboxylic acids is 2. The number of likely N-dealkylation sites (tertiary alicyclic amines) is 2. The second kappa shape index (κ2) is 17.7. The number of hydrogen-bond donors (Lipinski definition) is 1. The molecule has 2 aliphatic heterocycles. The Labute approximate surface area is 349 Å². The Balaban J connectivity index is 1.31. The van der Waals surface area contributed by atoms with Gasteiger partial charge in [0, 0.05) is 67.4 Å². The van der Waals surface area contributed by atoms with E-state index in [-0.39, 0.29) is 57.3 Å². The molecule has 2 aromatic heterocycles. The Kier molecular flexibility index (Phi) is 13.3. The number of aliphatic carboxylic acids is 1. The molecular weight excluding hydrogens is 815 g/mol. The highest BCUT2D eigenvalue weighted by molar-refractivity contribution is 7.10.